The molecule has 1 aromatic heterocycles. The second kappa shape index (κ2) is 8.02. The Hall–Kier alpha value is -2.54. The maximum atomic E-state index is 11.9. The average Bonchev–Trinajstić information content (AvgIpc) is 2.95. The molecule has 0 aliphatic rings. The highest BCUT2D eigenvalue weighted by molar-refractivity contribution is 7.13. The molecule has 0 unspecified atom stereocenters. The molecule has 0 bridgehead atoms. The van der Waals surface area contributed by atoms with E-state index < -0.39 is 11.7 Å². The predicted octanol–water partition coefficient (Wildman–Crippen LogP) is 5.04. The molecule has 3 aromatic rings. The summed E-state index contributed by atoms with van der Waals surface area (Å²) >= 11 is 1.44. The number of hydrogen-bond acceptors (Lipinski definition) is 4. The van der Waals surface area contributed by atoms with Crippen molar-refractivity contribution in [2.75, 3.05) is 5.73 Å². The van der Waals surface area contributed by atoms with Gasteiger partial charge in [-0.1, -0.05) is 29.8 Å². The molecule has 3 rings (SSSR count). The Morgan fingerprint density at radius 2 is 1.64 bits per heavy atom. The number of thiazole rings is 1. The van der Waals surface area contributed by atoms with E-state index in [0.717, 1.165) is 35.4 Å². The molecule has 0 radical (unpaired) electrons. The van der Waals surface area contributed by atoms with E-state index in [0.29, 0.717) is 5.13 Å². The highest BCUT2D eigenvalue weighted by atomic mass is 32.1. The molecule has 0 spiro atoms. The van der Waals surface area contributed by atoms with Gasteiger partial charge in [0.25, 0.3) is 0 Å². The Morgan fingerprint density at radius 3 is 2.12 bits per heavy atom. The van der Waals surface area contributed by atoms with Gasteiger partial charge in [-0.25, -0.2) is 4.98 Å². The Balaban J connectivity index is 0.000000186. The number of phenolic OH excluding ortho intramolecular Hbond substituents is 1. The molecule has 0 saturated carbocycles. The van der Waals surface area contributed by atoms with Gasteiger partial charge in [0.05, 0.1) is 11.3 Å². The number of hydrogen-bond donors (Lipinski definition) is 2. The minimum absolute atomic E-state index is 0.284. The normalized spacial score (nSPS) is 10.9. The van der Waals surface area contributed by atoms with Crippen LogP contribution in [0.5, 0.6) is 5.75 Å². The third-order valence-corrected chi connectivity index (χ3v) is 3.99. The second-order valence-electron chi connectivity index (χ2n) is 5.38. The summed E-state index contributed by atoms with van der Waals surface area (Å²) in [5.74, 6) is 0.284. The molecule has 25 heavy (non-hydrogen) atoms. The fourth-order valence-corrected chi connectivity index (χ4v) is 2.53. The summed E-state index contributed by atoms with van der Waals surface area (Å²) in [5.41, 5.74) is 7.85. The largest absolute Gasteiger partial charge is 0.508 e. The van der Waals surface area contributed by atoms with E-state index >= 15 is 0 Å². The predicted molar refractivity (Wildman–Crippen MR) is 93.6 cm³/mol. The van der Waals surface area contributed by atoms with Crippen LogP contribution in [0.2, 0.25) is 0 Å². The second-order valence-corrected chi connectivity index (χ2v) is 6.27. The zero-order valence-corrected chi connectivity index (χ0v) is 14.2. The zero-order chi connectivity index (χ0) is 18.4. The SMILES string of the molecule is Cc1ccc(C(F)(F)F)cc1.Nc1nc(Cc2ccc(O)cc2)cs1. The Morgan fingerprint density at radius 1 is 1.04 bits per heavy atom. The molecule has 0 aliphatic heterocycles. The monoisotopic (exact) mass is 366 g/mol. The average molecular weight is 366 g/mol. The highest BCUT2D eigenvalue weighted by Gasteiger charge is 2.29. The fourth-order valence-electron chi connectivity index (χ4n) is 1.97. The minimum Gasteiger partial charge on any atom is -0.508 e. The lowest BCUT2D eigenvalue weighted by molar-refractivity contribution is -0.137. The van der Waals surface area contributed by atoms with Crippen molar-refractivity contribution in [3.05, 3.63) is 76.3 Å². The fraction of sp³-hybridized carbons (Fsp3) is 0.167. The number of halogens is 3. The summed E-state index contributed by atoms with van der Waals surface area (Å²) < 4.78 is 35.8. The first-order valence-corrected chi connectivity index (χ1v) is 8.23. The van der Waals surface area contributed by atoms with Crippen LogP contribution in [-0.4, -0.2) is 10.1 Å². The molecule has 132 valence electrons. The van der Waals surface area contributed by atoms with E-state index in [9.17, 15) is 13.2 Å². The Kier molecular flexibility index (Phi) is 6.03. The lowest BCUT2D eigenvalue weighted by Crippen LogP contribution is -2.03. The summed E-state index contributed by atoms with van der Waals surface area (Å²) in [4.78, 5) is 4.16. The van der Waals surface area contributed by atoms with Crippen molar-refractivity contribution in [2.45, 2.75) is 19.5 Å². The van der Waals surface area contributed by atoms with Gasteiger partial charge in [0.2, 0.25) is 0 Å². The first-order valence-electron chi connectivity index (χ1n) is 7.35. The van der Waals surface area contributed by atoms with Crippen molar-refractivity contribution in [3.8, 4) is 5.75 Å². The van der Waals surface area contributed by atoms with Crippen LogP contribution >= 0.6 is 11.3 Å². The van der Waals surface area contributed by atoms with Crippen LogP contribution < -0.4 is 5.73 Å². The van der Waals surface area contributed by atoms with E-state index in [1.54, 1.807) is 19.1 Å². The molecule has 3 N–H and O–H groups in total. The molecule has 3 nitrogen and oxygen atoms in total. The van der Waals surface area contributed by atoms with Crippen molar-refractivity contribution in [1.29, 1.82) is 0 Å². The molecule has 0 aliphatic carbocycles. The van der Waals surface area contributed by atoms with Crippen LogP contribution in [0.1, 0.15) is 22.4 Å². The van der Waals surface area contributed by atoms with Gasteiger partial charge in [-0.3, -0.25) is 0 Å². The van der Waals surface area contributed by atoms with Crippen LogP contribution in [0.15, 0.2) is 53.9 Å². The molecule has 0 saturated heterocycles. The van der Waals surface area contributed by atoms with Crippen LogP contribution in [-0.2, 0) is 12.6 Å². The number of anilines is 1. The molecule has 0 amide bonds. The number of aryl methyl sites for hydroxylation is 1. The van der Waals surface area contributed by atoms with Gasteiger partial charge in [0.15, 0.2) is 5.13 Å². The summed E-state index contributed by atoms with van der Waals surface area (Å²) in [6, 6.07) is 12.2. The Bertz CT molecular complexity index is 796. The van der Waals surface area contributed by atoms with Gasteiger partial charge in [0, 0.05) is 11.8 Å². The maximum Gasteiger partial charge on any atom is 0.416 e. The van der Waals surface area contributed by atoms with Gasteiger partial charge in [-0.15, -0.1) is 11.3 Å². The standard InChI is InChI=1S/C10H10N2OS.C8H7F3/c11-10-12-8(6-14-10)5-7-1-3-9(13)4-2-7;1-6-2-4-7(5-3-6)8(9,10)11/h1-4,6,13H,5H2,(H2,11,12);2-5H,1H3. The number of alkyl halides is 3. The van der Waals surface area contributed by atoms with E-state index in [1.165, 1.54) is 23.5 Å². The number of nitrogens with zero attached hydrogens (tertiary/aromatic N) is 1. The topological polar surface area (TPSA) is 59.1 Å². The number of rotatable bonds is 2. The lowest BCUT2D eigenvalue weighted by atomic mass is 10.1. The number of aromatic hydroxyl groups is 1. The van der Waals surface area contributed by atoms with Crippen molar-refractivity contribution in [2.24, 2.45) is 0 Å². The maximum absolute atomic E-state index is 11.9. The van der Waals surface area contributed by atoms with Gasteiger partial charge in [-0.2, -0.15) is 13.2 Å². The first-order chi connectivity index (χ1) is 11.7. The molecule has 0 atom stereocenters. The summed E-state index contributed by atoms with van der Waals surface area (Å²) in [6.07, 6.45) is -3.46. The summed E-state index contributed by atoms with van der Waals surface area (Å²) in [5, 5.41) is 11.6. The summed E-state index contributed by atoms with van der Waals surface area (Å²) in [6.45, 7) is 1.75. The number of benzene rings is 2. The number of nitrogens with two attached hydrogens (primary N) is 1. The third kappa shape index (κ3) is 6.11. The molecule has 0 fully saturated rings. The van der Waals surface area contributed by atoms with Crippen molar-refractivity contribution >= 4 is 16.5 Å². The first kappa shape index (κ1) is 18.8. The van der Waals surface area contributed by atoms with Crippen molar-refractivity contribution in [1.82, 2.24) is 4.98 Å². The zero-order valence-electron chi connectivity index (χ0n) is 13.4. The highest BCUT2D eigenvalue weighted by Crippen LogP contribution is 2.28. The number of nitrogen functional groups attached to an aromatic ring is 1. The van der Waals surface area contributed by atoms with Crippen LogP contribution in [0.4, 0.5) is 18.3 Å². The van der Waals surface area contributed by atoms with Gasteiger partial charge in [0.1, 0.15) is 5.75 Å². The molecular weight excluding hydrogens is 349 g/mol. The molecule has 7 heteroatoms. The Labute approximate surface area is 147 Å². The van der Waals surface area contributed by atoms with E-state index in [1.807, 2.05) is 17.5 Å². The molecular formula is C18H17F3N2OS. The van der Waals surface area contributed by atoms with E-state index in [4.69, 9.17) is 10.8 Å². The van der Waals surface area contributed by atoms with Crippen molar-refractivity contribution < 1.29 is 18.3 Å². The third-order valence-electron chi connectivity index (χ3n) is 3.27. The van der Waals surface area contributed by atoms with Crippen LogP contribution in [0, 0.1) is 6.92 Å². The quantitative estimate of drug-likeness (QED) is 0.668. The lowest BCUT2D eigenvalue weighted by Gasteiger charge is -2.05. The van der Waals surface area contributed by atoms with Crippen LogP contribution in [0.25, 0.3) is 0 Å². The van der Waals surface area contributed by atoms with Gasteiger partial charge < -0.3 is 10.8 Å². The van der Waals surface area contributed by atoms with E-state index in [2.05, 4.69) is 4.98 Å². The van der Waals surface area contributed by atoms with Crippen molar-refractivity contribution in [3.63, 3.8) is 0 Å². The minimum atomic E-state index is -4.21. The van der Waals surface area contributed by atoms with Crippen LogP contribution in [0.3, 0.4) is 0 Å². The van der Waals surface area contributed by atoms with Gasteiger partial charge in [-0.05, 0) is 36.8 Å². The number of phenols is 1. The molecule has 1 heterocycles. The van der Waals surface area contributed by atoms with Gasteiger partial charge >= 0.3 is 6.18 Å². The smallest absolute Gasteiger partial charge is 0.416 e. The molecule has 2 aromatic carbocycles. The van der Waals surface area contributed by atoms with E-state index in [-0.39, 0.29) is 5.75 Å². The summed E-state index contributed by atoms with van der Waals surface area (Å²) in [7, 11) is 0. The number of aromatic nitrogens is 1.